The zero-order valence-electron chi connectivity index (χ0n) is 8.03. The minimum absolute atomic E-state index is 0.0819. The van der Waals surface area contributed by atoms with Crippen molar-refractivity contribution in [1.82, 2.24) is 20.0 Å². The third-order valence-corrected chi connectivity index (χ3v) is 2.18. The van der Waals surface area contributed by atoms with Gasteiger partial charge in [-0.05, 0) is 6.42 Å². The van der Waals surface area contributed by atoms with Crippen LogP contribution in [0.25, 0.3) is 11.0 Å². The molecule has 0 radical (unpaired) electrons. The van der Waals surface area contributed by atoms with Gasteiger partial charge >= 0.3 is 0 Å². The smallest absolute Gasteiger partial charge is 0.211 e. The van der Waals surface area contributed by atoms with E-state index in [2.05, 4.69) is 22.2 Å². The van der Waals surface area contributed by atoms with Crippen LogP contribution in [0.3, 0.4) is 0 Å². The average Bonchev–Trinajstić information content (AvgIpc) is 2.60. The molecular weight excluding hydrogens is 180 g/mol. The SMILES string of the molecule is CCCCn1ncc2c(=O)cn[nH]c21. The van der Waals surface area contributed by atoms with Gasteiger partial charge in [-0.2, -0.15) is 10.2 Å². The first kappa shape index (κ1) is 8.93. The normalized spacial score (nSPS) is 10.9. The Balaban J connectivity index is 2.47. The fourth-order valence-corrected chi connectivity index (χ4v) is 1.38. The van der Waals surface area contributed by atoms with Crippen molar-refractivity contribution in [2.75, 3.05) is 0 Å². The van der Waals surface area contributed by atoms with Crippen molar-refractivity contribution >= 4 is 11.0 Å². The van der Waals surface area contributed by atoms with Crippen molar-refractivity contribution < 1.29 is 0 Å². The minimum Gasteiger partial charge on any atom is -0.287 e. The van der Waals surface area contributed by atoms with Gasteiger partial charge in [0.2, 0.25) is 5.43 Å². The van der Waals surface area contributed by atoms with Gasteiger partial charge in [0, 0.05) is 6.54 Å². The highest BCUT2D eigenvalue weighted by atomic mass is 16.1. The molecule has 2 aromatic rings. The summed E-state index contributed by atoms with van der Waals surface area (Å²) in [5, 5.41) is 11.3. The molecule has 0 aliphatic heterocycles. The topological polar surface area (TPSA) is 63.6 Å². The van der Waals surface area contributed by atoms with Crippen LogP contribution in [-0.4, -0.2) is 20.0 Å². The number of nitrogens with zero attached hydrogens (tertiary/aromatic N) is 3. The number of hydrogen-bond acceptors (Lipinski definition) is 3. The van der Waals surface area contributed by atoms with Crippen molar-refractivity contribution in [3.05, 3.63) is 22.6 Å². The fraction of sp³-hybridized carbons (Fsp3) is 0.444. The van der Waals surface area contributed by atoms with Crippen LogP contribution in [0.1, 0.15) is 19.8 Å². The summed E-state index contributed by atoms with van der Waals surface area (Å²) in [5.74, 6) is 0. The van der Waals surface area contributed by atoms with Crippen LogP contribution < -0.4 is 5.43 Å². The second-order valence-corrected chi connectivity index (χ2v) is 3.22. The van der Waals surface area contributed by atoms with E-state index in [-0.39, 0.29) is 5.43 Å². The molecular formula is C9H12N4O. The van der Waals surface area contributed by atoms with Crippen molar-refractivity contribution in [1.29, 1.82) is 0 Å². The lowest BCUT2D eigenvalue weighted by Crippen LogP contribution is -2.05. The first-order valence-electron chi connectivity index (χ1n) is 4.72. The molecule has 0 aliphatic carbocycles. The quantitative estimate of drug-likeness (QED) is 0.786. The standard InChI is InChI=1S/C9H12N4O/c1-2-3-4-13-9-7(5-11-13)8(14)6-10-12-9/h5-6H,2-4H2,1H3,(H,12,14). The van der Waals surface area contributed by atoms with Crippen molar-refractivity contribution in [2.45, 2.75) is 26.3 Å². The van der Waals surface area contributed by atoms with Crippen LogP contribution in [0.15, 0.2) is 17.2 Å². The van der Waals surface area contributed by atoms with Gasteiger partial charge in [-0.3, -0.25) is 9.89 Å². The summed E-state index contributed by atoms with van der Waals surface area (Å²) in [7, 11) is 0. The highest BCUT2D eigenvalue weighted by Gasteiger charge is 2.04. The Labute approximate surface area is 80.7 Å². The molecule has 1 N–H and O–H groups in total. The highest BCUT2D eigenvalue weighted by molar-refractivity contribution is 5.72. The Morgan fingerprint density at radius 1 is 1.50 bits per heavy atom. The van der Waals surface area contributed by atoms with Gasteiger partial charge in [0.25, 0.3) is 0 Å². The van der Waals surface area contributed by atoms with Gasteiger partial charge in [0.1, 0.15) is 0 Å². The zero-order chi connectivity index (χ0) is 9.97. The van der Waals surface area contributed by atoms with Crippen molar-refractivity contribution in [2.24, 2.45) is 0 Å². The number of H-pyrrole nitrogens is 1. The molecule has 0 unspecified atom stereocenters. The second-order valence-electron chi connectivity index (χ2n) is 3.22. The van der Waals surface area contributed by atoms with Crippen LogP contribution in [-0.2, 0) is 6.54 Å². The Morgan fingerprint density at radius 3 is 3.14 bits per heavy atom. The molecule has 0 saturated heterocycles. The number of aryl methyl sites for hydroxylation is 1. The molecule has 5 nitrogen and oxygen atoms in total. The van der Waals surface area contributed by atoms with Gasteiger partial charge in [0.05, 0.1) is 17.8 Å². The number of aromatic nitrogens is 4. The van der Waals surface area contributed by atoms with Gasteiger partial charge in [-0.1, -0.05) is 13.3 Å². The van der Waals surface area contributed by atoms with Gasteiger partial charge in [-0.15, -0.1) is 0 Å². The third kappa shape index (κ3) is 1.41. The van der Waals surface area contributed by atoms with E-state index in [0.29, 0.717) is 11.0 Å². The van der Waals surface area contributed by atoms with E-state index in [0.717, 1.165) is 19.4 Å². The lowest BCUT2D eigenvalue weighted by atomic mass is 10.3. The summed E-state index contributed by atoms with van der Waals surface area (Å²) in [6, 6.07) is 0. The molecule has 0 aromatic carbocycles. The summed E-state index contributed by atoms with van der Waals surface area (Å²) in [6.45, 7) is 2.94. The molecule has 2 heterocycles. The molecule has 0 amide bonds. The van der Waals surface area contributed by atoms with Crippen molar-refractivity contribution in [3.63, 3.8) is 0 Å². The van der Waals surface area contributed by atoms with E-state index in [1.807, 2.05) is 0 Å². The molecule has 74 valence electrons. The molecule has 0 spiro atoms. The number of rotatable bonds is 3. The molecule has 14 heavy (non-hydrogen) atoms. The van der Waals surface area contributed by atoms with E-state index in [1.54, 1.807) is 10.9 Å². The molecule has 5 heteroatoms. The van der Waals surface area contributed by atoms with E-state index < -0.39 is 0 Å². The number of hydrogen-bond donors (Lipinski definition) is 1. The molecule has 0 saturated carbocycles. The van der Waals surface area contributed by atoms with Crippen molar-refractivity contribution in [3.8, 4) is 0 Å². The molecule has 0 atom stereocenters. The van der Waals surface area contributed by atoms with Crippen LogP contribution in [0.4, 0.5) is 0 Å². The van der Waals surface area contributed by atoms with E-state index in [4.69, 9.17) is 0 Å². The summed E-state index contributed by atoms with van der Waals surface area (Å²) in [6.07, 6.45) is 5.01. The number of unbranched alkanes of at least 4 members (excludes halogenated alkanes) is 1. The van der Waals surface area contributed by atoms with Crippen LogP contribution in [0, 0.1) is 0 Å². The lowest BCUT2D eigenvalue weighted by molar-refractivity contribution is 0.582. The molecule has 0 fully saturated rings. The van der Waals surface area contributed by atoms with Crippen LogP contribution >= 0.6 is 0 Å². The monoisotopic (exact) mass is 192 g/mol. The molecule has 2 rings (SSSR count). The molecule has 2 aromatic heterocycles. The molecule has 0 bridgehead atoms. The van der Waals surface area contributed by atoms with E-state index in [9.17, 15) is 4.79 Å². The zero-order valence-corrected chi connectivity index (χ0v) is 8.03. The minimum atomic E-state index is -0.0819. The van der Waals surface area contributed by atoms with E-state index in [1.165, 1.54) is 6.20 Å². The van der Waals surface area contributed by atoms with Crippen LogP contribution in [0.5, 0.6) is 0 Å². The average molecular weight is 192 g/mol. The maximum absolute atomic E-state index is 11.3. The number of nitrogens with one attached hydrogen (secondary N) is 1. The third-order valence-electron chi connectivity index (χ3n) is 2.18. The summed E-state index contributed by atoms with van der Waals surface area (Å²) < 4.78 is 1.78. The largest absolute Gasteiger partial charge is 0.287 e. The number of fused-ring (bicyclic) bond motifs is 1. The second kappa shape index (κ2) is 3.61. The maximum atomic E-state index is 11.3. The van der Waals surface area contributed by atoms with Crippen LogP contribution in [0.2, 0.25) is 0 Å². The Bertz CT molecular complexity index is 485. The lowest BCUT2D eigenvalue weighted by Gasteiger charge is -1.99. The van der Waals surface area contributed by atoms with Gasteiger partial charge in [-0.25, -0.2) is 4.68 Å². The van der Waals surface area contributed by atoms with E-state index >= 15 is 0 Å². The maximum Gasteiger partial charge on any atom is 0.211 e. The summed E-state index contributed by atoms with van der Waals surface area (Å²) in [5.41, 5.74) is 0.632. The predicted octanol–water partition coefficient (Wildman–Crippen LogP) is 0.920. The summed E-state index contributed by atoms with van der Waals surface area (Å²) in [4.78, 5) is 11.3. The van der Waals surface area contributed by atoms with Gasteiger partial charge < -0.3 is 0 Å². The van der Waals surface area contributed by atoms with Gasteiger partial charge in [0.15, 0.2) is 5.65 Å². The first-order valence-corrected chi connectivity index (χ1v) is 4.72. The molecule has 0 aliphatic rings. The Morgan fingerprint density at radius 2 is 2.36 bits per heavy atom. The highest BCUT2D eigenvalue weighted by Crippen LogP contribution is 2.05. The first-order chi connectivity index (χ1) is 6.83. The fourth-order valence-electron chi connectivity index (χ4n) is 1.38. The Hall–Kier alpha value is -1.65. The Kier molecular flexibility index (Phi) is 2.30. The summed E-state index contributed by atoms with van der Waals surface area (Å²) >= 11 is 0. The number of aromatic amines is 1. The predicted molar refractivity (Wildman–Crippen MR) is 53.1 cm³/mol.